The summed E-state index contributed by atoms with van der Waals surface area (Å²) in [6.07, 6.45) is 5.15. The number of halogens is 1. The molecule has 0 aliphatic carbocycles. The van der Waals surface area contributed by atoms with Gasteiger partial charge in [0.2, 0.25) is 5.91 Å². The Morgan fingerprint density at radius 2 is 1.81 bits per heavy atom. The summed E-state index contributed by atoms with van der Waals surface area (Å²) in [5, 5.41) is 10.0. The first-order chi connectivity index (χ1) is 21.0. The quantitative estimate of drug-likeness (QED) is 0.295. The molecule has 5 aromatic rings. The molecular formula is C32H33ClN8O2. The number of carbonyl (C=O) groups is 1. The molecule has 43 heavy (non-hydrogen) atoms. The van der Waals surface area contributed by atoms with Crippen LogP contribution >= 0.6 is 11.6 Å². The smallest absolute Gasteiger partial charge is 0.219 e. The van der Waals surface area contributed by atoms with Gasteiger partial charge >= 0.3 is 0 Å². The van der Waals surface area contributed by atoms with Crippen molar-refractivity contribution < 1.29 is 9.53 Å². The van der Waals surface area contributed by atoms with E-state index in [0.717, 1.165) is 65.3 Å². The van der Waals surface area contributed by atoms with E-state index in [9.17, 15) is 4.79 Å². The molecule has 0 spiro atoms. The minimum Gasteiger partial charge on any atom is -0.382 e. The predicted molar refractivity (Wildman–Crippen MR) is 167 cm³/mol. The van der Waals surface area contributed by atoms with Crippen LogP contribution in [0, 0.1) is 0 Å². The number of nitrogens with two attached hydrogens (primary N) is 1. The fourth-order valence-electron chi connectivity index (χ4n) is 6.41. The van der Waals surface area contributed by atoms with Crippen molar-refractivity contribution in [3.05, 3.63) is 83.8 Å². The molecule has 220 valence electrons. The molecule has 0 bridgehead atoms. The van der Waals surface area contributed by atoms with Crippen LogP contribution in [0.5, 0.6) is 0 Å². The molecule has 7 rings (SSSR count). The van der Waals surface area contributed by atoms with Gasteiger partial charge in [0.15, 0.2) is 5.82 Å². The first-order valence-corrected chi connectivity index (χ1v) is 15.0. The summed E-state index contributed by atoms with van der Waals surface area (Å²) in [7, 11) is 0. The standard InChI is InChI=1S/C32H33ClN8O2/c1-21(42)38-13-14-39(30(19-38)22-5-7-24(33)8-6-22)26-4-2-3-23(17-26)29-18-27(31-32(34)35-20-37-41(29)31)28-9-12-36-40(28)25-10-15-43-16-11-25/h2-9,12,17-18,20,25,30H,10-11,13-16,19H2,1H3,(H2,34,35,37). The SMILES string of the molecule is CC(=O)N1CCN(c2cccc(-c3cc(-c4ccnn4C4CCOCC4)c4c(N)ncnn34)c2)C(c2ccc(Cl)cc2)C1. The number of amides is 1. The number of hydrogen-bond donors (Lipinski definition) is 1. The van der Waals surface area contributed by atoms with Crippen molar-refractivity contribution in [2.45, 2.75) is 31.8 Å². The summed E-state index contributed by atoms with van der Waals surface area (Å²) in [5.41, 5.74) is 13.2. The van der Waals surface area contributed by atoms with Crippen LogP contribution in [0.4, 0.5) is 11.5 Å². The average molecular weight is 597 g/mol. The number of carbonyl (C=O) groups excluding carboxylic acids is 1. The van der Waals surface area contributed by atoms with E-state index in [4.69, 9.17) is 27.2 Å². The minimum absolute atomic E-state index is 0.0171. The molecule has 11 heteroatoms. The van der Waals surface area contributed by atoms with E-state index in [-0.39, 0.29) is 18.0 Å². The lowest BCUT2D eigenvalue weighted by atomic mass is 10.0. The molecule has 0 radical (unpaired) electrons. The Bertz CT molecular complexity index is 1780. The monoisotopic (exact) mass is 596 g/mol. The van der Waals surface area contributed by atoms with E-state index in [2.05, 4.69) is 50.0 Å². The Hall–Kier alpha value is -4.41. The number of fused-ring (bicyclic) bond motifs is 1. The van der Waals surface area contributed by atoms with E-state index in [0.29, 0.717) is 30.5 Å². The highest BCUT2D eigenvalue weighted by molar-refractivity contribution is 6.30. The van der Waals surface area contributed by atoms with Crippen LogP contribution in [0.25, 0.3) is 28.0 Å². The van der Waals surface area contributed by atoms with Crippen molar-refractivity contribution >= 4 is 34.5 Å². The predicted octanol–water partition coefficient (Wildman–Crippen LogP) is 5.26. The molecule has 1 unspecified atom stereocenters. The third kappa shape index (κ3) is 5.10. The zero-order chi connectivity index (χ0) is 29.5. The number of hydrogen-bond acceptors (Lipinski definition) is 7. The van der Waals surface area contributed by atoms with Crippen LogP contribution in [-0.4, -0.2) is 68.0 Å². The van der Waals surface area contributed by atoms with E-state index >= 15 is 0 Å². The maximum absolute atomic E-state index is 12.3. The lowest BCUT2D eigenvalue weighted by Crippen LogP contribution is -2.50. The second-order valence-electron chi connectivity index (χ2n) is 11.1. The molecule has 2 aliphatic heterocycles. The van der Waals surface area contributed by atoms with Crippen molar-refractivity contribution in [2.75, 3.05) is 43.5 Å². The highest BCUT2D eigenvalue weighted by atomic mass is 35.5. The molecule has 1 amide bonds. The number of benzene rings is 2. The van der Waals surface area contributed by atoms with Gasteiger partial charge in [0.05, 0.1) is 23.5 Å². The fraction of sp³-hybridized carbons (Fsp3) is 0.312. The van der Waals surface area contributed by atoms with Crippen molar-refractivity contribution in [3.63, 3.8) is 0 Å². The maximum atomic E-state index is 12.3. The van der Waals surface area contributed by atoms with Gasteiger partial charge in [0, 0.05) is 67.8 Å². The van der Waals surface area contributed by atoms with Gasteiger partial charge in [0.25, 0.3) is 0 Å². The van der Waals surface area contributed by atoms with Crippen LogP contribution in [0.3, 0.4) is 0 Å². The van der Waals surface area contributed by atoms with E-state index < -0.39 is 0 Å². The van der Waals surface area contributed by atoms with Crippen LogP contribution in [0.2, 0.25) is 5.02 Å². The largest absolute Gasteiger partial charge is 0.382 e. The summed E-state index contributed by atoms with van der Waals surface area (Å²) in [4.78, 5) is 21.0. The first kappa shape index (κ1) is 27.4. The number of anilines is 2. The Kier molecular flexibility index (Phi) is 7.24. The number of rotatable bonds is 5. The van der Waals surface area contributed by atoms with Crippen molar-refractivity contribution in [3.8, 4) is 22.5 Å². The molecule has 3 aromatic heterocycles. The molecule has 2 fully saturated rings. The van der Waals surface area contributed by atoms with Crippen LogP contribution in [0.1, 0.15) is 37.4 Å². The fourth-order valence-corrected chi connectivity index (χ4v) is 6.54. The highest BCUT2D eigenvalue weighted by Crippen LogP contribution is 2.39. The third-order valence-electron chi connectivity index (χ3n) is 8.62. The Morgan fingerprint density at radius 1 is 1.00 bits per heavy atom. The average Bonchev–Trinajstić information content (AvgIpc) is 3.68. The zero-order valence-corrected chi connectivity index (χ0v) is 24.7. The first-order valence-electron chi connectivity index (χ1n) is 14.6. The van der Waals surface area contributed by atoms with Gasteiger partial charge < -0.3 is 20.3 Å². The van der Waals surface area contributed by atoms with E-state index in [1.807, 2.05) is 45.9 Å². The third-order valence-corrected chi connectivity index (χ3v) is 8.87. The lowest BCUT2D eigenvalue weighted by Gasteiger charge is -2.43. The van der Waals surface area contributed by atoms with Crippen LogP contribution in [0.15, 0.2) is 73.2 Å². The molecule has 2 aromatic carbocycles. The summed E-state index contributed by atoms with van der Waals surface area (Å²) in [6.45, 7) is 5.03. The molecule has 2 N–H and O–H groups in total. The van der Waals surface area contributed by atoms with E-state index in [1.54, 1.807) is 6.92 Å². The number of nitrogen functional groups attached to an aromatic ring is 1. The van der Waals surface area contributed by atoms with Crippen molar-refractivity contribution in [2.24, 2.45) is 0 Å². The summed E-state index contributed by atoms with van der Waals surface area (Å²) in [6, 6.07) is 20.8. The van der Waals surface area contributed by atoms with Crippen molar-refractivity contribution in [1.29, 1.82) is 0 Å². The molecule has 0 saturated carbocycles. The molecule has 10 nitrogen and oxygen atoms in total. The topological polar surface area (TPSA) is 107 Å². The zero-order valence-electron chi connectivity index (χ0n) is 23.9. The molecular weight excluding hydrogens is 564 g/mol. The summed E-state index contributed by atoms with van der Waals surface area (Å²) in [5.74, 6) is 0.493. The Balaban J connectivity index is 1.30. The number of piperazine rings is 1. The molecule has 2 aliphatic rings. The Labute approximate surface area is 254 Å². The van der Waals surface area contributed by atoms with Gasteiger partial charge in [-0.3, -0.25) is 9.48 Å². The summed E-state index contributed by atoms with van der Waals surface area (Å²) >= 11 is 6.21. The van der Waals surface area contributed by atoms with Gasteiger partial charge in [-0.05, 0) is 54.8 Å². The van der Waals surface area contributed by atoms with Crippen LogP contribution in [-0.2, 0) is 9.53 Å². The molecule has 5 heterocycles. The second-order valence-corrected chi connectivity index (χ2v) is 11.6. The molecule has 2 saturated heterocycles. The number of aromatic nitrogens is 5. The Morgan fingerprint density at radius 3 is 2.60 bits per heavy atom. The minimum atomic E-state index is -0.0171. The normalized spacial score (nSPS) is 18.0. The number of nitrogens with zero attached hydrogens (tertiary/aromatic N) is 7. The van der Waals surface area contributed by atoms with Gasteiger partial charge in [-0.15, -0.1) is 0 Å². The van der Waals surface area contributed by atoms with Gasteiger partial charge in [-0.1, -0.05) is 35.9 Å². The van der Waals surface area contributed by atoms with Gasteiger partial charge in [-0.2, -0.15) is 10.2 Å². The summed E-state index contributed by atoms with van der Waals surface area (Å²) < 4.78 is 9.57. The van der Waals surface area contributed by atoms with Crippen molar-refractivity contribution in [1.82, 2.24) is 29.3 Å². The van der Waals surface area contributed by atoms with E-state index in [1.165, 1.54) is 6.33 Å². The molecule has 1 atom stereocenters. The van der Waals surface area contributed by atoms with Gasteiger partial charge in [0.1, 0.15) is 11.8 Å². The second kappa shape index (κ2) is 11.3. The van der Waals surface area contributed by atoms with Gasteiger partial charge in [-0.25, -0.2) is 9.50 Å². The highest BCUT2D eigenvalue weighted by Gasteiger charge is 2.30. The maximum Gasteiger partial charge on any atom is 0.219 e. The lowest BCUT2D eigenvalue weighted by molar-refractivity contribution is -0.129. The number of ether oxygens (including phenoxy) is 1. The van der Waals surface area contributed by atoms with Crippen LogP contribution < -0.4 is 10.6 Å².